The highest BCUT2D eigenvalue weighted by Crippen LogP contribution is 2.18. The van der Waals surface area contributed by atoms with Gasteiger partial charge in [-0.05, 0) is 13.2 Å². The fourth-order valence-electron chi connectivity index (χ4n) is 1.86. The highest BCUT2D eigenvalue weighted by Gasteiger charge is 2.39. The van der Waals surface area contributed by atoms with Crippen molar-refractivity contribution in [3.63, 3.8) is 0 Å². The van der Waals surface area contributed by atoms with Crippen molar-refractivity contribution < 1.29 is 19.8 Å². The van der Waals surface area contributed by atoms with Gasteiger partial charge in [-0.2, -0.15) is 11.8 Å². The molecule has 0 aromatic rings. The van der Waals surface area contributed by atoms with E-state index in [4.69, 9.17) is 5.11 Å². The van der Waals surface area contributed by atoms with E-state index in [0.717, 1.165) is 5.75 Å². The van der Waals surface area contributed by atoms with E-state index in [-0.39, 0.29) is 19.0 Å². The molecule has 3 atom stereocenters. The Morgan fingerprint density at radius 1 is 1.59 bits per heavy atom. The second-order valence-corrected chi connectivity index (χ2v) is 5.11. The van der Waals surface area contributed by atoms with E-state index in [1.54, 1.807) is 11.8 Å². The first-order valence-corrected chi connectivity index (χ1v) is 6.82. The molecule has 2 amide bonds. The highest BCUT2D eigenvalue weighted by molar-refractivity contribution is 7.98. The van der Waals surface area contributed by atoms with Gasteiger partial charge in [0.15, 0.2) is 0 Å². The smallest absolute Gasteiger partial charge is 0.326 e. The Hall–Kier alpha value is -0.950. The molecule has 7 heteroatoms. The van der Waals surface area contributed by atoms with Gasteiger partial charge in [0, 0.05) is 24.8 Å². The molecule has 1 aliphatic heterocycles. The lowest BCUT2D eigenvalue weighted by molar-refractivity contribution is -0.141. The van der Waals surface area contributed by atoms with Gasteiger partial charge in [-0.3, -0.25) is 0 Å². The molecule has 17 heavy (non-hydrogen) atoms. The summed E-state index contributed by atoms with van der Waals surface area (Å²) in [6, 6.07) is -1.37. The normalized spacial score (nSPS) is 25.7. The van der Waals surface area contributed by atoms with Crippen molar-refractivity contribution in [3.05, 3.63) is 0 Å². The molecule has 0 aromatic heterocycles. The Balaban J connectivity index is 2.58. The van der Waals surface area contributed by atoms with Crippen LogP contribution in [0.1, 0.15) is 13.3 Å². The number of hydrogen-bond acceptors (Lipinski definition) is 4. The van der Waals surface area contributed by atoms with E-state index >= 15 is 0 Å². The van der Waals surface area contributed by atoms with Crippen molar-refractivity contribution in [2.45, 2.75) is 31.5 Å². The summed E-state index contributed by atoms with van der Waals surface area (Å²) in [4.78, 5) is 23.9. The predicted octanol–water partition coefficient (Wildman–Crippen LogP) is -0.0327. The molecule has 1 unspecified atom stereocenters. The summed E-state index contributed by atoms with van der Waals surface area (Å²) in [6.07, 6.45) is 1.28. The molecule has 3 N–H and O–H groups in total. The second-order valence-electron chi connectivity index (χ2n) is 4.20. The number of nitrogens with zero attached hydrogens (tertiary/aromatic N) is 1. The predicted molar refractivity (Wildman–Crippen MR) is 65.1 cm³/mol. The maximum absolute atomic E-state index is 11.8. The zero-order valence-electron chi connectivity index (χ0n) is 9.92. The van der Waals surface area contributed by atoms with Crippen LogP contribution in [0.25, 0.3) is 0 Å². The van der Waals surface area contributed by atoms with E-state index in [1.807, 2.05) is 13.2 Å². The second kappa shape index (κ2) is 6.11. The molecule has 0 aromatic carbocycles. The number of aliphatic hydroxyl groups is 1. The van der Waals surface area contributed by atoms with Crippen LogP contribution in [0.5, 0.6) is 0 Å². The third-order valence-corrected chi connectivity index (χ3v) is 3.44. The van der Waals surface area contributed by atoms with Crippen LogP contribution in [0, 0.1) is 0 Å². The van der Waals surface area contributed by atoms with Crippen LogP contribution >= 0.6 is 11.8 Å². The summed E-state index contributed by atoms with van der Waals surface area (Å²) in [7, 11) is 0. The molecular weight excluding hydrogens is 244 g/mol. The van der Waals surface area contributed by atoms with Gasteiger partial charge in [0.05, 0.1) is 6.10 Å². The number of carboxylic acid groups (broad SMARTS) is 1. The number of carbonyl (C=O) groups is 2. The van der Waals surface area contributed by atoms with Crippen LogP contribution in [0.3, 0.4) is 0 Å². The van der Waals surface area contributed by atoms with Crippen molar-refractivity contribution >= 4 is 23.8 Å². The number of hydrogen-bond donors (Lipinski definition) is 3. The molecule has 0 bridgehead atoms. The number of amides is 2. The molecule has 1 heterocycles. The van der Waals surface area contributed by atoms with Crippen LogP contribution in [-0.2, 0) is 4.79 Å². The lowest BCUT2D eigenvalue weighted by Crippen LogP contribution is -2.49. The number of carbonyl (C=O) groups excluding carboxylic acids is 1. The van der Waals surface area contributed by atoms with Gasteiger partial charge in [0.2, 0.25) is 0 Å². The summed E-state index contributed by atoms with van der Waals surface area (Å²) < 4.78 is 0. The topological polar surface area (TPSA) is 89.9 Å². The Morgan fingerprint density at radius 3 is 2.76 bits per heavy atom. The largest absolute Gasteiger partial charge is 0.480 e. The van der Waals surface area contributed by atoms with Crippen LogP contribution in [-0.4, -0.2) is 63.9 Å². The molecule has 0 spiro atoms. The van der Waals surface area contributed by atoms with Crippen LogP contribution in [0.15, 0.2) is 0 Å². The molecule has 0 saturated carbocycles. The fourth-order valence-corrected chi connectivity index (χ4v) is 2.44. The first kappa shape index (κ1) is 14.1. The van der Waals surface area contributed by atoms with Crippen LogP contribution in [0.4, 0.5) is 4.79 Å². The summed E-state index contributed by atoms with van der Waals surface area (Å²) in [5.74, 6) is -0.311. The van der Waals surface area contributed by atoms with Crippen LogP contribution in [0.2, 0.25) is 0 Å². The Bertz CT molecular complexity index is 300. The summed E-state index contributed by atoms with van der Waals surface area (Å²) >= 11 is 1.60. The van der Waals surface area contributed by atoms with Crippen molar-refractivity contribution in [2.75, 3.05) is 18.6 Å². The first-order chi connectivity index (χ1) is 7.95. The third-order valence-electron chi connectivity index (χ3n) is 2.61. The molecule has 6 nitrogen and oxygen atoms in total. The maximum atomic E-state index is 11.8. The lowest BCUT2D eigenvalue weighted by atomic mass is 10.2. The van der Waals surface area contributed by atoms with Gasteiger partial charge in [-0.1, -0.05) is 0 Å². The molecule has 0 radical (unpaired) electrons. The molecule has 98 valence electrons. The van der Waals surface area contributed by atoms with Gasteiger partial charge in [-0.25, -0.2) is 9.59 Å². The lowest BCUT2D eigenvalue weighted by Gasteiger charge is -2.23. The molecule has 1 rings (SSSR count). The van der Waals surface area contributed by atoms with Crippen molar-refractivity contribution in [2.24, 2.45) is 0 Å². The van der Waals surface area contributed by atoms with Crippen LogP contribution < -0.4 is 5.32 Å². The maximum Gasteiger partial charge on any atom is 0.326 e. The van der Waals surface area contributed by atoms with Gasteiger partial charge in [-0.15, -0.1) is 0 Å². The standard InChI is InChI=1S/C10H18N2O4S/c1-6(5-17-2)11-10(16)12-4-7(13)3-8(12)9(14)15/h6-8,13H,3-5H2,1-2H3,(H,11,16)(H,14,15)/t6?,7-,8-/m1/s1. The SMILES string of the molecule is CSCC(C)NC(=O)N1C[C@H](O)C[C@@H]1C(=O)O. The summed E-state index contributed by atoms with van der Waals surface area (Å²) in [5.41, 5.74) is 0. The minimum atomic E-state index is -1.07. The summed E-state index contributed by atoms with van der Waals surface area (Å²) in [5, 5.41) is 21.1. The number of nitrogens with one attached hydrogen (secondary N) is 1. The Labute approximate surface area is 104 Å². The quantitative estimate of drug-likeness (QED) is 0.662. The van der Waals surface area contributed by atoms with Crippen molar-refractivity contribution in [1.82, 2.24) is 10.2 Å². The minimum absolute atomic E-state index is 0.0234. The average molecular weight is 262 g/mol. The molecular formula is C10H18N2O4S. The number of β-amino-alcohol motifs (C(OH)–C–C–N with tert-alkyl or cyclic N) is 1. The third kappa shape index (κ3) is 3.78. The number of urea groups is 1. The zero-order chi connectivity index (χ0) is 13.0. The van der Waals surface area contributed by atoms with E-state index < -0.39 is 24.1 Å². The number of aliphatic carboxylic acids is 1. The van der Waals surface area contributed by atoms with Gasteiger partial charge >= 0.3 is 12.0 Å². The minimum Gasteiger partial charge on any atom is -0.480 e. The monoisotopic (exact) mass is 262 g/mol. The molecule has 0 aliphatic carbocycles. The molecule has 1 fully saturated rings. The fraction of sp³-hybridized carbons (Fsp3) is 0.800. The zero-order valence-corrected chi connectivity index (χ0v) is 10.7. The molecule has 1 saturated heterocycles. The number of aliphatic hydroxyl groups excluding tert-OH is 1. The number of likely N-dealkylation sites (tertiary alicyclic amines) is 1. The summed E-state index contributed by atoms with van der Waals surface area (Å²) in [6.45, 7) is 1.94. The highest BCUT2D eigenvalue weighted by atomic mass is 32.2. The number of thioether (sulfide) groups is 1. The number of carboxylic acids is 1. The van der Waals surface area contributed by atoms with E-state index in [1.165, 1.54) is 4.90 Å². The van der Waals surface area contributed by atoms with E-state index in [2.05, 4.69) is 5.32 Å². The van der Waals surface area contributed by atoms with Gasteiger partial charge in [0.1, 0.15) is 6.04 Å². The average Bonchev–Trinajstić information content (AvgIpc) is 2.60. The van der Waals surface area contributed by atoms with E-state index in [0.29, 0.717) is 0 Å². The number of rotatable bonds is 4. The Kier molecular flexibility index (Phi) is 5.07. The van der Waals surface area contributed by atoms with Gasteiger partial charge < -0.3 is 20.4 Å². The Morgan fingerprint density at radius 2 is 2.24 bits per heavy atom. The van der Waals surface area contributed by atoms with E-state index in [9.17, 15) is 14.7 Å². The van der Waals surface area contributed by atoms with Crippen molar-refractivity contribution in [1.29, 1.82) is 0 Å². The first-order valence-electron chi connectivity index (χ1n) is 5.42. The molecule has 1 aliphatic rings. The van der Waals surface area contributed by atoms with Gasteiger partial charge in [0.25, 0.3) is 0 Å². The van der Waals surface area contributed by atoms with Crippen molar-refractivity contribution in [3.8, 4) is 0 Å².